The minimum atomic E-state index is 0.109. The van der Waals surface area contributed by atoms with Crippen molar-refractivity contribution in [3.63, 3.8) is 0 Å². The van der Waals surface area contributed by atoms with Gasteiger partial charge in [0.15, 0.2) is 0 Å². The molecule has 2 heterocycles. The summed E-state index contributed by atoms with van der Waals surface area (Å²) in [6.45, 7) is 3.74. The van der Waals surface area contributed by atoms with E-state index in [0.29, 0.717) is 6.10 Å². The zero-order valence-corrected chi connectivity index (χ0v) is 12.2. The molecule has 0 spiro atoms. The van der Waals surface area contributed by atoms with E-state index < -0.39 is 0 Å². The van der Waals surface area contributed by atoms with Crippen molar-refractivity contribution in [2.45, 2.75) is 38.5 Å². The number of aromatic hydroxyl groups is 1. The Morgan fingerprint density at radius 2 is 2.43 bits per heavy atom. The van der Waals surface area contributed by atoms with Gasteiger partial charge in [-0.25, -0.2) is 0 Å². The molecule has 5 heteroatoms. The summed E-state index contributed by atoms with van der Waals surface area (Å²) in [5.74, 6) is 0.287. The van der Waals surface area contributed by atoms with Gasteiger partial charge in [-0.15, -0.1) is 0 Å². The Hall–Kier alpha value is -2.01. The predicted octanol–water partition coefficient (Wildman–Crippen LogP) is 2.94. The number of phenols is 1. The van der Waals surface area contributed by atoms with E-state index in [0.717, 1.165) is 37.2 Å². The van der Waals surface area contributed by atoms with Gasteiger partial charge in [0.05, 0.1) is 24.5 Å². The van der Waals surface area contributed by atoms with Crippen LogP contribution in [0.1, 0.15) is 31.4 Å². The summed E-state index contributed by atoms with van der Waals surface area (Å²) in [6.07, 6.45) is 6.38. The largest absolute Gasteiger partial charge is 0.508 e. The van der Waals surface area contributed by atoms with Crippen LogP contribution < -0.4 is 5.32 Å². The van der Waals surface area contributed by atoms with Crippen LogP contribution in [0.2, 0.25) is 0 Å². The van der Waals surface area contributed by atoms with Gasteiger partial charge in [-0.3, -0.25) is 4.68 Å². The third-order valence-corrected chi connectivity index (χ3v) is 3.80. The van der Waals surface area contributed by atoms with E-state index in [-0.39, 0.29) is 11.8 Å². The van der Waals surface area contributed by atoms with Crippen molar-refractivity contribution in [1.29, 1.82) is 0 Å². The molecule has 112 valence electrons. The summed E-state index contributed by atoms with van der Waals surface area (Å²) in [4.78, 5) is 0. The fourth-order valence-corrected chi connectivity index (χ4v) is 2.66. The Kier molecular flexibility index (Phi) is 4.10. The first-order valence-electron chi connectivity index (χ1n) is 7.40. The van der Waals surface area contributed by atoms with Gasteiger partial charge in [0.25, 0.3) is 0 Å². The second-order valence-electron chi connectivity index (χ2n) is 5.55. The molecule has 1 saturated heterocycles. The lowest BCUT2D eigenvalue weighted by Crippen LogP contribution is -2.15. The topological polar surface area (TPSA) is 59.3 Å². The molecular formula is C16H21N3O2. The molecule has 2 N–H and O–H groups in total. The summed E-state index contributed by atoms with van der Waals surface area (Å²) < 4.78 is 7.54. The first-order valence-corrected chi connectivity index (χ1v) is 7.40. The summed E-state index contributed by atoms with van der Waals surface area (Å²) in [5.41, 5.74) is 2.02. The fraction of sp³-hybridized carbons (Fsp3) is 0.438. The third kappa shape index (κ3) is 3.55. The molecule has 0 amide bonds. The second kappa shape index (κ2) is 6.18. The molecule has 0 saturated carbocycles. The van der Waals surface area contributed by atoms with Crippen molar-refractivity contribution in [2.24, 2.45) is 0 Å². The molecule has 3 rings (SSSR count). The van der Waals surface area contributed by atoms with Crippen molar-refractivity contribution in [3.8, 4) is 5.75 Å². The highest BCUT2D eigenvalue weighted by atomic mass is 16.5. The maximum Gasteiger partial charge on any atom is 0.115 e. The molecule has 1 aromatic heterocycles. The molecule has 2 aromatic rings. The van der Waals surface area contributed by atoms with Crippen molar-refractivity contribution in [3.05, 3.63) is 42.2 Å². The molecule has 0 bridgehead atoms. The highest BCUT2D eigenvalue weighted by Gasteiger charge is 2.16. The van der Waals surface area contributed by atoms with E-state index in [1.165, 1.54) is 0 Å². The van der Waals surface area contributed by atoms with Crippen LogP contribution in [0.3, 0.4) is 0 Å². The number of hydrogen-bond donors (Lipinski definition) is 2. The quantitative estimate of drug-likeness (QED) is 0.887. The number of nitrogens with zero attached hydrogens (tertiary/aromatic N) is 2. The molecular weight excluding hydrogens is 266 g/mol. The number of anilines is 1. The van der Waals surface area contributed by atoms with Crippen LogP contribution in [0.15, 0.2) is 36.7 Å². The van der Waals surface area contributed by atoms with E-state index in [1.807, 2.05) is 29.2 Å². The van der Waals surface area contributed by atoms with Crippen molar-refractivity contribution >= 4 is 5.69 Å². The molecule has 1 fully saturated rings. The Morgan fingerprint density at radius 3 is 3.19 bits per heavy atom. The zero-order chi connectivity index (χ0) is 14.7. The molecule has 2 atom stereocenters. The average molecular weight is 287 g/mol. The Morgan fingerprint density at radius 1 is 1.52 bits per heavy atom. The smallest absolute Gasteiger partial charge is 0.115 e. The standard InChI is InChI=1S/C16H21N3O2/c1-12(13-4-2-5-15(20)8-13)18-14-9-17-19(10-14)11-16-6-3-7-21-16/h2,4-5,8-10,12,16,18,20H,3,6-7,11H2,1H3. The van der Waals surface area contributed by atoms with Gasteiger partial charge in [-0.2, -0.15) is 5.10 Å². The zero-order valence-electron chi connectivity index (χ0n) is 12.2. The molecule has 5 nitrogen and oxygen atoms in total. The van der Waals surface area contributed by atoms with Gasteiger partial charge < -0.3 is 15.2 Å². The highest BCUT2D eigenvalue weighted by Crippen LogP contribution is 2.22. The number of ether oxygens (including phenoxy) is 1. The molecule has 0 radical (unpaired) electrons. The minimum absolute atomic E-state index is 0.109. The van der Waals surface area contributed by atoms with Gasteiger partial charge in [0.2, 0.25) is 0 Å². The Labute approximate surface area is 124 Å². The minimum Gasteiger partial charge on any atom is -0.508 e. The van der Waals surface area contributed by atoms with E-state index in [1.54, 1.807) is 12.1 Å². The van der Waals surface area contributed by atoms with Crippen LogP contribution in [-0.4, -0.2) is 27.6 Å². The lowest BCUT2D eigenvalue weighted by atomic mass is 10.1. The van der Waals surface area contributed by atoms with E-state index >= 15 is 0 Å². The van der Waals surface area contributed by atoms with Crippen LogP contribution in [0.5, 0.6) is 5.75 Å². The maximum atomic E-state index is 9.53. The molecule has 1 aliphatic heterocycles. The lowest BCUT2D eigenvalue weighted by Gasteiger charge is -2.14. The van der Waals surface area contributed by atoms with Gasteiger partial charge >= 0.3 is 0 Å². The predicted molar refractivity (Wildman–Crippen MR) is 81.3 cm³/mol. The van der Waals surface area contributed by atoms with Gasteiger partial charge in [0, 0.05) is 18.8 Å². The number of nitrogens with one attached hydrogen (secondary N) is 1. The second-order valence-corrected chi connectivity index (χ2v) is 5.55. The van der Waals surface area contributed by atoms with E-state index in [9.17, 15) is 5.11 Å². The fourth-order valence-electron chi connectivity index (χ4n) is 2.66. The van der Waals surface area contributed by atoms with Crippen LogP contribution in [0.4, 0.5) is 5.69 Å². The number of benzene rings is 1. The third-order valence-electron chi connectivity index (χ3n) is 3.80. The SMILES string of the molecule is CC(Nc1cnn(CC2CCCO2)c1)c1cccc(O)c1. The van der Waals surface area contributed by atoms with Crippen LogP contribution in [-0.2, 0) is 11.3 Å². The van der Waals surface area contributed by atoms with Gasteiger partial charge in [-0.05, 0) is 37.5 Å². The van der Waals surface area contributed by atoms with Crippen molar-refractivity contribution < 1.29 is 9.84 Å². The van der Waals surface area contributed by atoms with Crippen LogP contribution in [0, 0.1) is 0 Å². The van der Waals surface area contributed by atoms with Crippen LogP contribution >= 0.6 is 0 Å². The lowest BCUT2D eigenvalue weighted by molar-refractivity contribution is 0.0940. The van der Waals surface area contributed by atoms with E-state index in [2.05, 4.69) is 17.3 Å². The first-order chi connectivity index (χ1) is 10.2. The van der Waals surface area contributed by atoms with Crippen molar-refractivity contribution in [1.82, 2.24) is 9.78 Å². The monoisotopic (exact) mass is 287 g/mol. The van der Waals surface area contributed by atoms with Crippen LogP contribution in [0.25, 0.3) is 0 Å². The number of hydrogen-bond acceptors (Lipinski definition) is 4. The first kappa shape index (κ1) is 13.9. The average Bonchev–Trinajstić information content (AvgIpc) is 3.11. The highest BCUT2D eigenvalue weighted by molar-refractivity contribution is 5.42. The van der Waals surface area contributed by atoms with Gasteiger partial charge in [0.1, 0.15) is 5.75 Å². The Bertz CT molecular complexity index is 591. The molecule has 21 heavy (non-hydrogen) atoms. The number of rotatable bonds is 5. The molecule has 2 unspecified atom stereocenters. The summed E-state index contributed by atoms with van der Waals surface area (Å²) in [6, 6.07) is 7.40. The molecule has 1 aliphatic rings. The normalized spacial score (nSPS) is 19.6. The number of aromatic nitrogens is 2. The van der Waals surface area contributed by atoms with Gasteiger partial charge in [-0.1, -0.05) is 12.1 Å². The summed E-state index contributed by atoms with van der Waals surface area (Å²) in [7, 11) is 0. The van der Waals surface area contributed by atoms with E-state index in [4.69, 9.17) is 4.74 Å². The summed E-state index contributed by atoms with van der Waals surface area (Å²) >= 11 is 0. The molecule has 1 aromatic carbocycles. The summed E-state index contributed by atoms with van der Waals surface area (Å²) in [5, 5.41) is 17.3. The van der Waals surface area contributed by atoms with Crippen molar-refractivity contribution in [2.75, 3.05) is 11.9 Å². The molecule has 0 aliphatic carbocycles. The maximum absolute atomic E-state index is 9.53. The Balaban J connectivity index is 1.61. The number of phenolic OH excluding ortho intramolecular Hbond substituents is 1.